The topological polar surface area (TPSA) is 70.2 Å². The van der Waals surface area contributed by atoms with Crippen LogP contribution in [0.4, 0.5) is 0 Å². The summed E-state index contributed by atoms with van der Waals surface area (Å²) in [6, 6.07) is 1.46. The molecule has 0 fully saturated rings. The van der Waals surface area contributed by atoms with Crippen molar-refractivity contribution in [2.24, 2.45) is 0 Å². The number of carboxylic acid groups (broad SMARTS) is 1. The van der Waals surface area contributed by atoms with Gasteiger partial charge in [-0.3, -0.25) is 4.79 Å². The van der Waals surface area contributed by atoms with E-state index in [0.717, 1.165) is 0 Å². The summed E-state index contributed by atoms with van der Waals surface area (Å²) in [6.45, 7) is 1.43. The summed E-state index contributed by atoms with van der Waals surface area (Å²) in [5.74, 6) is -1.08. The molecule has 1 heterocycles. The van der Waals surface area contributed by atoms with E-state index in [-0.39, 0.29) is 11.5 Å². The number of carbonyl (C=O) groups excluding carboxylic acids is 1. The van der Waals surface area contributed by atoms with E-state index in [1.807, 2.05) is 0 Å². The first-order chi connectivity index (χ1) is 6.09. The Morgan fingerprint density at radius 2 is 2.23 bits per heavy atom. The van der Waals surface area contributed by atoms with Gasteiger partial charge in [-0.15, -0.1) is 0 Å². The Bertz CT molecular complexity index is 363. The fourth-order valence-corrected chi connectivity index (χ4v) is 0.844. The smallest absolute Gasteiger partial charge is 0.352 e. The Morgan fingerprint density at radius 3 is 2.69 bits per heavy atom. The van der Waals surface area contributed by atoms with Crippen LogP contribution in [0.15, 0.2) is 18.3 Å². The van der Waals surface area contributed by atoms with Crippen molar-refractivity contribution in [2.45, 2.75) is 6.92 Å². The number of hydrogen-bond acceptors (Lipinski definition) is 2. The number of aromatic nitrogens is 1. The van der Waals surface area contributed by atoms with Gasteiger partial charge in [-0.2, -0.15) is 0 Å². The van der Waals surface area contributed by atoms with Crippen molar-refractivity contribution in [3.63, 3.8) is 0 Å². The van der Waals surface area contributed by atoms with Crippen molar-refractivity contribution in [1.82, 2.24) is 4.98 Å². The van der Waals surface area contributed by atoms with Gasteiger partial charge in [0.1, 0.15) is 5.69 Å². The van der Waals surface area contributed by atoms with Crippen LogP contribution in [0.2, 0.25) is 0 Å². The fraction of sp³-hybridized carbons (Fsp3) is 0.111. The SMILES string of the molecule is CC(=O)/C=C/c1c[nH]c(C(=O)O)c1. The van der Waals surface area contributed by atoms with E-state index >= 15 is 0 Å². The van der Waals surface area contributed by atoms with Crippen molar-refractivity contribution in [3.05, 3.63) is 29.6 Å². The van der Waals surface area contributed by atoms with Gasteiger partial charge in [-0.1, -0.05) is 0 Å². The lowest BCUT2D eigenvalue weighted by molar-refractivity contribution is -0.112. The first-order valence-corrected chi connectivity index (χ1v) is 3.70. The highest BCUT2D eigenvalue weighted by Gasteiger charge is 2.03. The van der Waals surface area contributed by atoms with Crippen LogP contribution in [0, 0.1) is 0 Å². The molecule has 4 nitrogen and oxygen atoms in total. The third kappa shape index (κ3) is 2.59. The van der Waals surface area contributed by atoms with Gasteiger partial charge in [-0.05, 0) is 30.7 Å². The van der Waals surface area contributed by atoms with E-state index in [1.165, 1.54) is 25.3 Å². The number of ketones is 1. The Kier molecular flexibility index (Phi) is 2.64. The molecule has 13 heavy (non-hydrogen) atoms. The summed E-state index contributed by atoms with van der Waals surface area (Å²) in [6.07, 6.45) is 4.48. The van der Waals surface area contributed by atoms with Gasteiger partial charge >= 0.3 is 5.97 Å². The molecule has 0 saturated carbocycles. The second kappa shape index (κ2) is 3.71. The zero-order valence-corrected chi connectivity index (χ0v) is 7.07. The third-order valence-corrected chi connectivity index (χ3v) is 1.45. The quantitative estimate of drug-likeness (QED) is 0.687. The standard InChI is InChI=1S/C9H9NO3/c1-6(11)2-3-7-4-8(9(12)13)10-5-7/h2-5,10H,1H3,(H,12,13)/b3-2+. The number of hydrogen-bond donors (Lipinski definition) is 2. The van der Waals surface area contributed by atoms with Crippen LogP contribution in [0.5, 0.6) is 0 Å². The highest BCUT2D eigenvalue weighted by molar-refractivity contribution is 5.92. The number of H-pyrrole nitrogens is 1. The molecular weight excluding hydrogens is 170 g/mol. The highest BCUT2D eigenvalue weighted by atomic mass is 16.4. The normalized spacial score (nSPS) is 10.5. The van der Waals surface area contributed by atoms with E-state index < -0.39 is 5.97 Å². The maximum absolute atomic E-state index is 10.5. The van der Waals surface area contributed by atoms with Crippen LogP contribution in [0.3, 0.4) is 0 Å². The van der Waals surface area contributed by atoms with Crippen molar-refractivity contribution in [3.8, 4) is 0 Å². The molecule has 0 spiro atoms. The molecule has 68 valence electrons. The number of aromatic amines is 1. The van der Waals surface area contributed by atoms with Crippen LogP contribution >= 0.6 is 0 Å². The molecule has 0 bridgehead atoms. The maximum atomic E-state index is 10.5. The molecule has 0 aliphatic rings. The minimum Gasteiger partial charge on any atom is -0.477 e. The van der Waals surface area contributed by atoms with Crippen LogP contribution < -0.4 is 0 Å². The van der Waals surface area contributed by atoms with Crippen molar-refractivity contribution in [1.29, 1.82) is 0 Å². The van der Waals surface area contributed by atoms with Gasteiger partial charge in [0.15, 0.2) is 5.78 Å². The molecule has 0 unspecified atom stereocenters. The lowest BCUT2D eigenvalue weighted by atomic mass is 10.2. The van der Waals surface area contributed by atoms with Gasteiger partial charge in [0, 0.05) is 6.20 Å². The molecule has 0 atom stereocenters. The summed E-state index contributed by atoms with van der Waals surface area (Å²) in [5.41, 5.74) is 0.788. The average molecular weight is 179 g/mol. The van der Waals surface area contributed by atoms with Crippen LogP contribution in [-0.4, -0.2) is 21.8 Å². The monoisotopic (exact) mass is 179 g/mol. The van der Waals surface area contributed by atoms with E-state index in [4.69, 9.17) is 5.11 Å². The zero-order chi connectivity index (χ0) is 9.84. The first-order valence-electron chi connectivity index (χ1n) is 3.70. The Balaban J connectivity index is 2.80. The molecule has 1 rings (SSSR count). The second-order valence-electron chi connectivity index (χ2n) is 2.60. The van der Waals surface area contributed by atoms with E-state index in [1.54, 1.807) is 6.08 Å². The Morgan fingerprint density at radius 1 is 1.54 bits per heavy atom. The maximum Gasteiger partial charge on any atom is 0.352 e. The van der Waals surface area contributed by atoms with Gasteiger partial charge in [0.05, 0.1) is 0 Å². The van der Waals surface area contributed by atoms with Gasteiger partial charge in [-0.25, -0.2) is 4.79 Å². The first kappa shape index (κ1) is 9.25. The van der Waals surface area contributed by atoms with E-state index in [9.17, 15) is 9.59 Å². The number of allylic oxidation sites excluding steroid dienone is 1. The summed E-state index contributed by atoms with van der Waals surface area (Å²) < 4.78 is 0. The van der Waals surface area contributed by atoms with E-state index in [0.29, 0.717) is 5.56 Å². The summed E-state index contributed by atoms with van der Waals surface area (Å²) in [5, 5.41) is 8.55. The molecule has 4 heteroatoms. The second-order valence-corrected chi connectivity index (χ2v) is 2.60. The number of aromatic carboxylic acids is 1. The van der Waals surface area contributed by atoms with E-state index in [2.05, 4.69) is 4.98 Å². The largest absolute Gasteiger partial charge is 0.477 e. The Labute approximate surface area is 74.9 Å². The number of carbonyl (C=O) groups is 2. The minimum absolute atomic E-state index is 0.0712. The predicted octanol–water partition coefficient (Wildman–Crippen LogP) is 1.32. The molecule has 0 radical (unpaired) electrons. The highest BCUT2D eigenvalue weighted by Crippen LogP contribution is 2.05. The lowest BCUT2D eigenvalue weighted by Crippen LogP contribution is -1.94. The van der Waals surface area contributed by atoms with Crippen LogP contribution in [0.1, 0.15) is 23.0 Å². The van der Waals surface area contributed by atoms with Gasteiger partial charge < -0.3 is 10.1 Å². The molecule has 1 aromatic heterocycles. The van der Waals surface area contributed by atoms with Crippen molar-refractivity contribution >= 4 is 17.8 Å². The molecule has 0 aromatic carbocycles. The summed E-state index contributed by atoms with van der Waals surface area (Å²) in [4.78, 5) is 23.5. The lowest BCUT2D eigenvalue weighted by Gasteiger charge is -1.82. The Hall–Kier alpha value is -1.84. The van der Waals surface area contributed by atoms with Crippen molar-refractivity contribution < 1.29 is 14.7 Å². The third-order valence-electron chi connectivity index (χ3n) is 1.45. The molecule has 0 aliphatic heterocycles. The summed E-state index contributed by atoms with van der Waals surface area (Å²) in [7, 11) is 0. The zero-order valence-electron chi connectivity index (χ0n) is 7.07. The average Bonchev–Trinajstić information content (AvgIpc) is 2.48. The minimum atomic E-state index is -1.01. The van der Waals surface area contributed by atoms with Gasteiger partial charge in [0.2, 0.25) is 0 Å². The van der Waals surface area contributed by atoms with Crippen LogP contribution in [-0.2, 0) is 4.79 Å². The molecule has 0 aliphatic carbocycles. The van der Waals surface area contributed by atoms with Gasteiger partial charge in [0.25, 0.3) is 0 Å². The van der Waals surface area contributed by atoms with Crippen molar-refractivity contribution in [2.75, 3.05) is 0 Å². The molecule has 1 aromatic rings. The molecule has 2 N–H and O–H groups in total. The molecule has 0 amide bonds. The predicted molar refractivity (Wildman–Crippen MR) is 47.5 cm³/mol. The molecular formula is C9H9NO3. The number of carboxylic acids is 1. The number of nitrogens with one attached hydrogen (secondary N) is 1. The molecule has 0 saturated heterocycles. The number of rotatable bonds is 3. The van der Waals surface area contributed by atoms with Crippen LogP contribution in [0.25, 0.3) is 6.08 Å². The summed E-state index contributed by atoms with van der Waals surface area (Å²) >= 11 is 0. The fourth-order valence-electron chi connectivity index (χ4n) is 0.844.